The molecule has 1 amide bonds. The van der Waals surface area contributed by atoms with Gasteiger partial charge in [0.05, 0.1) is 12.1 Å². The number of hydrogen-bond acceptors (Lipinski definition) is 3. The molecule has 0 spiro atoms. The van der Waals surface area contributed by atoms with Crippen LogP contribution in [0.25, 0.3) is 0 Å². The van der Waals surface area contributed by atoms with Crippen molar-refractivity contribution >= 4 is 5.91 Å². The fraction of sp³-hybridized carbons (Fsp3) is 0.889. The molecule has 1 unspecified atom stereocenters. The molecule has 1 fully saturated rings. The molecule has 0 aromatic carbocycles. The summed E-state index contributed by atoms with van der Waals surface area (Å²) in [4.78, 5) is 10.6. The standard InChI is InChI=1S/C9H18N2O2/c10-8(9(11)12)5-6-13-7-3-1-2-4-7/h7-8H,1-6,10H2,(H2,11,12). The lowest BCUT2D eigenvalue weighted by atomic mass is 10.2. The highest BCUT2D eigenvalue weighted by Crippen LogP contribution is 2.20. The number of amides is 1. The smallest absolute Gasteiger partial charge is 0.234 e. The van der Waals surface area contributed by atoms with E-state index in [9.17, 15) is 4.79 Å². The SMILES string of the molecule is NC(=O)C(N)CCOC1CCCC1. The van der Waals surface area contributed by atoms with Crippen LogP contribution in [-0.4, -0.2) is 24.7 Å². The van der Waals surface area contributed by atoms with Gasteiger partial charge >= 0.3 is 0 Å². The predicted molar refractivity (Wildman–Crippen MR) is 50.0 cm³/mol. The van der Waals surface area contributed by atoms with E-state index in [1.165, 1.54) is 12.8 Å². The monoisotopic (exact) mass is 186 g/mol. The van der Waals surface area contributed by atoms with Crippen LogP contribution in [0.1, 0.15) is 32.1 Å². The van der Waals surface area contributed by atoms with Crippen molar-refractivity contribution in [3.63, 3.8) is 0 Å². The largest absolute Gasteiger partial charge is 0.378 e. The quantitative estimate of drug-likeness (QED) is 0.641. The van der Waals surface area contributed by atoms with Crippen LogP contribution < -0.4 is 11.5 Å². The fourth-order valence-corrected chi connectivity index (χ4v) is 1.56. The van der Waals surface area contributed by atoms with Gasteiger partial charge in [0.1, 0.15) is 0 Å². The topological polar surface area (TPSA) is 78.3 Å². The van der Waals surface area contributed by atoms with Crippen molar-refractivity contribution in [2.24, 2.45) is 11.5 Å². The number of carbonyl (C=O) groups excluding carboxylic acids is 1. The number of carbonyl (C=O) groups is 1. The molecule has 1 aliphatic carbocycles. The van der Waals surface area contributed by atoms with Crippen molar-refractivity contribution in [1.82, 2.24) is 0 Å². The number of nitrogens with two attached hydrogens (primary N) is 2. The summed E-state index contributed by atoms with van der Waals surface area (Å²) >= 11 is 0. The van der Waals surface area contributed by atoms with Gasteiger partial charge in [-0.05, 0) is 19.3 Å². The summed E-state index contributed by atoms with van der Waals surface area (Å²) in [6, 6.07) is -0.554. The zero-order valence-electron chi connectivity index (χ0n) is 7.87. The average molecular weight is 186 g/mol. The van der Waals surface area contributed by atoms with E-state index in [-0.39, 0.29) is 0 Å². The molecule has 1 aliphatic rings. The van der Waals surface area contributed by atoms with Crippen LogP contribution >= 0.6 is 0 Å². The van der Waals surface area contributed by atoms with Gasteiger partial charge in [0.2, 0.25) is 5.91 Å². The average Bonchev–Trinajstić information content (AvgIpc) is 2.56. The van der Waals surface area contributed by atoms with E-state index in [4.69, 9.17) is 16.2 Å². The minimum atomic E-state index is -0.554. The predicted octanol–water partition coefficient (Wildman–Crippen LogP) is 0.148. The molecule has 13 heavy (non-hydrogen) atoms. The zero-order chi connectivity index (χ0) is 9.68. The Kier molecular flexibility index (Phi) is 4.18. The Morgan fingerprint density at radius 2 is 2.08 bits per heavy atom. The molecule has 0 saturated heterocycles. The molecule has 0 aromatic rings. The maximum Gasteiger partial charge on any atom is 0.234 e. The van der Waals surface area contributed by atoms with Crippen molar-refractivity contribution in [3.05, 3.63) is 0 Å². The summed E-state index contributed by atoms with van der Waals surface area (Å²) in [5, 5.41) is 0. The summed E-state index contributed by atoms with van der Waals surface area (Å²) in [5.74, 6) is -0.449. The number of primary amides is 1. The number of ether oxygens (including phenoxy) is 1. The molecule has 4 heteroatoms. The Labute approximate surface area is 78.6 Å². The Hall–Kier alpha value is -0.610. The Morgan fingerprint density at radius 1 is 1.46 bits per heavy atom. The maximum atomic E-state index is 10.6. The van der Waals surface area contributed by atoms with Crippen LogP contribution in [0, 0.1) is 0 Å². The molecule has 0 heterocycles. The minimum absolute atomic E-state index is 0.389. The van der Waals surface area contributed by atoms with Gasteiger partial charge in [-0.1, -0.05) is 12.8 Å². The first-order valence-corrected chi connectivity index (χ1v) is 4.86. The van der Waals surface area contributed by atoms with Crippen LogP contribution in [-0.2, 0) is 9.53 Å². The third kappa shape index (κ3) is 3.74. The lowest BCUT2D eigenvalue weighted by Crippen LogP contribution is -2.37. The van der Waals surface area contributed by atoms with E-state index in [1.54, 1.807) is 0 Å². The van der Waals surface area contributed by atoms with Crippen LogP contribution in [0.3, 0.4) is 0 Å². The normalized spacial score (nSPS) is 20.4. The van der Waals surface area contributed by atoms with Crippen molar-refractivity contribution in [1.29, 1.82) is 0 Å². The van der Waals surface area contributed by atoms with E-state index < -0.39 is 11.9 Å². The molecule has 0 aromatic heterocycles. The first kappa shape index (κ1) is 10.5. The van der Waals surface area contributed by atoms with E-state index in [2.05, 4.69) is 0 Å². The lowest BCUT2D eigenvalue weighted by Gasteiger charge is -2.12. The molecule has 4 N–H and O–H groups in total. The molecule has 1 atom stereocenters. The van der Waals surface area contributed by atoms with Crippen molar-refractivity contribution in [2.45, 2.75) is 44.2 Å². The highest BCUT2D eigenvalue weighted by molar-refractivity contribution is 5.79. The summed E-state index contributed by atoms with van der Waals surface area (Å²) in [6.45, 7) is 0.550. The highest BCUT2D eigenvalue weighted by Gasteiger charge is 2.16. The van der Waals surface area contributed by atoms with Crippen LogP contribution in [0.4, 0.5) is 0 Å². The van der Waals surface area contributed by atoms with Gasteiger partial charge in [0.25, 0.3) is 0 Å². The third-order valence-electron chi connectivity index (χ3n) is 2.45. The lowest BCUT2D eigenvalue weighted by molar-refractivity contribution is -0.119. The van der Waals surface area contributed by atoms with Gasteiger partial charge in [-0.2, -0.15) is 0 Å². The first-order valence-electron chi connectivity index (χ1n) is 4.86. The molecule has 1 rings (SSSR count). The summed E-state index contributed by atoms with van der Waals surface area (Å²) in [6.07, 6.45) is 5.72. The summed E-state index contributed by atoms with van der Waals surface area (Å²) in [5.41, 5.74) is 10.5. The molecular formula is C9H18N2O2. The zero-order valence-corrected chi connectivity index (χ0v) is 7.87. The molecular weight excluding hydrogens is 168 g/mol. The van der Waals surface area contributed by atoms with E-state index >= 15 is 0 Å². The second-order valence-electron chi connectivity index (χ2n) is 3.57. The molecule has 76 valence electrons. The van der Waals surface area contributed by atoms with E-state index in [1.807, 2.05) is 0 Å². The van der Waals surface area contributed by atoms with Gasteiger partial charge in [-0.15, -0.1) is 0 Å². The van der Waals surface area contributed by atoms with Crippen LogP contribution in [0.15, 0.2) is 0 Å². The van der Waals surface area contributed by atoms with Crippen molar-refractivity contribution in [2.75, 3.05) is 6.61 Å². The number of rotatable bonds is 5. The van der Waals surface area contributed by atoms with Crippen molar-refractivity contribution < 1.29 is 9.53 Å². The van der Waals surface area contributed by atoms with Gasteiger partial charge in [-0.25, -0.2) is 0 Å². The molecule has 1 saturated carbocycles. The molecule has 0 radical (unpaired) electrons. The molecule has 0 bridgehead atoms. The second-order valence-corrected chi connectivity index (χ2v) is 3.57. The Bertz CT molecular complexity index is 167. The third-order valence-corrected chi connectivity index (χ3v) is 2.45. The number of hydrogen-bond donors (Lipinski definition) is 2. The first-order chi connectivity index (χ1) is 6.20. The van der Waals surface area contributed by atoms with Crippen LogP contribution in [0.5, 0.6) is 0 Å². The van der Waals surface area contributed by atoms with Gasteiger partial charge in [0, 0.05) is 6.61 Å². The van der Waals surface area contributed by atoms with Gasteiger partial charge in [-0.3, -0.25) is 4.79 Å². The Balaban J connectivity index is 2.02. The van der Waals surface area contributed by atoms with Gasteiger partial charge in [0.15, 0.2) is 0 Å². The van der Waals surface area contributed by atoms with E-state index in [0.29, 0.717) is 19.1 Å². The highest BCUT2D eigenvalue weighted by atomic mass is 16.5. The second kappa shape index (κ2) is 5.19. The summed E-state index contributed by atoms with van der Waals surface area (Å²) < 4.78 is 5.54. The Morgan fingerprint density at radius 3 is 2.62 bits per heavy atom. The van der Waals surface area contributed by atoms with Crippen molar-refractivity contribution in [3.8, 4) is 0 Å². The van der Waals surface area contributed by atoms with E-state index in [0.717, 1.165) is 12.8 Å². The van der Waals surface area contributed by atoms with Crippen LogP contribution in [0.2, 0.25) is 0 Å². The fourth-order valence-electron chi connectivity index (χ4n) is 1.56. The summed E-state index contributed by atoms with van der Waals surface area (Å²) in [7, 11) is 0. The minimum Gasteiger partial charge on any atom is -0.378 e. The molecule has 4 nitrogen and oxygen atoms in total. The molecule has 0 aliphatic heterocycles. The maximum absolute atomic E-state index is 10.6. The van der Waals surface area contributed by atoms with Gasteiger partial charge < -0.3 is 16.2 Å².